The number of methoxy groups -OCH3 is 1. The molecular formula is C16H22N2O3. The molecule has 0 saturated heterocycles. The quantitative estimate of drug-likeness (QED) is 0.761. The van der Waals surface area contributed by atoms with E-state index in [0.717, 1.165) is 10.9 Å². The number of fused-ring (bicyclic) bond motifs is 1. The largest absolute Gasteiger partial charge is 0.391 e. The van der Waals surface area contributed by atoms with Crippen molar-refractivity contribution in [2.75, 3.05) is 20.3 Å². The van der Waals surface area contributed by atoms with E-state index in [-0.39, 0.29) is 12.5 Å². The normalized spacial score (nSPS) is 12.6. The summed E-state index contributed by atoms with van der Waals surface area (Å²) in [6, 6.07) is 5.90. The van der Waals surface area contributed by atoms with E-state index < -0.39 is 6.10 Å². The fourth-order valence-electron chi connectivity index (χ4n) is 2.30. The first-order valence-corrected chi connectivity index (χ1v) is 7.07. The number of aliphatic hydroxyl groups excluding tert-OH is 1. The maximum absolute atomic E-state index is 12.1. The van der Waals surface area contributed by atoms with E-state index >= 15 is 0 Å². The zero-order valence-corrected chi connectivity index (χ0v) is 12.7. The van der Waals surface area contributed by atoms with E-state index in [1.807, 2.05) is 25.1 Å². The number of hydrogen-bond acceptors (Lipinski definition) is 3. The van der Waals surface area contributed by atoms with Gasteiger partial charge >= 0.3 is 0 Å². The average Bonchev–Trinajstić information content (AvgIpc) is 2.88. The first-order valence-electron chi connectivity index (χ1n) is 7.07. The number of rotatable bonds is 6. The minimum atomic E-state index is -0.553. The highest BCUT2D eigenvalue weighted by Crippen LogP contribution is 2.22. The molecule has 21 heavy (non-hydrogen) atoms. The SMILES string of the molecule is COCC(O)CCNC(=O)c1cc2c(C)c(C)ccc2[nH]1. The van der Waals surface area contributed by atoms with E-state index in [9.17, 15) is 9.90 Å². The summed E-state index contributed by atoms with van der Waals surface area (Å²) >= 11 is 0. The summed E-state index contributed by atoms with van der Waals surface area (Å²) in [5.74, 6) is -0.159. The van der Waals surface area contributed by atoms with Crippen LogP contribution in [-0.2, 0) is 4.74 Å². The lowest BCUT2D eigenvalue weighted by Gasteiger charge is -2.09. The van der Waals surface area contributed by atoms with Crippen LogP contribution >= 0.6 is 0 Å². The molecule has 0 aliphatic carbocycles. The summed E-state index contributed by atoms with van der Waals surface area (Å²) in [5, 5.41) is 13.4. The van der Waals surface area contributed by atoms with Crippen molar-refractivity contribution >= 4 is 16.8 Å². The van der Waals surface area contributed by atoms with Crippen LogP contribution in [-0.4, -0.2) is 42.4 Å². The lowest BCUT2D eigenvalue weighted by Crippen LogP contribution is -2.28. The van der Waals surface area contributed by atoms with Crippen LogP contribution in [0.2, 0.25) is 0 Å². The Labute approximate surface area is 124 Å². The number of benzene rings is 1. The molecular weight excluding hydrogens is 268 g/mol. The molecule has 2 rings (SSSR count). The van der Waals surface area contributed by atoms with Crippen LogP contribution in [0.5, 0.6) is 0 Å². The Bertz CT molecular complexity index is 634. The molecule has 1 aromatic carbocycles. The van der Waals surface area contributed by atoms with Crippen LogP contribution in [0.25, 0.3) is 10.9 Å². The van der Waals surface area contributed by atoms with Crippen LogP contribution in [0.3, 0.4) is 0 Å². The van der Waals surface area contributed by atoms with E-state index in [4.69, 9.17) is 4.74 Å². The Balaban J connectivity index is 2.01. The van der Waals surface area contributed by atoms with Gasteiger partial charge in [-0.1, -0.05) is 6.07 Å². The molecule has 1 heterocycles. The third kappa shape index (κ3) is 3.62. The lowest BCUT2D eigenvalue weighted by atomic mass is 10.1. The molecule has 0 radical (unpaired) electrons. The Hall–Kier alpha value is -1.85. The molecule has 5 heteroatoms. The van der Waals surface area contributed by atoms with E-state index in [0.29, 0.717) is 18.7 Å². The second-order valence-electron chi connectivity index (χ2n) is 5.31. The molecule has 114 valence electrons. The van der Waals surface area contributed by atoms with Gasteiger partial charge < -0.3 is 20.1 Å². The fourth-order valence-corrected chi connectivity index (χ4v) is 2.30. The number of carbonyl (C=O) groups excluding carboxylic acids is 1. The van der Waals surface area contributed by atoms with Crippen molar-refractivity contribution in [1.29, 1.82) is 0 Å². The second-order valence-corrected chi connectivity index (χ2v) is 5.31. The summed E-state index contributed by atoms with van der Waals surface area (Å²) < 4.78 is 4.84. The zero-order valence-electron chi connectivity index (χ0n) is 12.7. The van der Waals surface area contributed by atoms with Gasteiger partial charge in [0.2, 0.25) is 0 Å². The highest BCUT2D eigenvalue weighted by atomic mass is 16.5. The van der Waals surface area contributed by atoms with Crippen LogP contribution < -0.4 is 5.32 Å². The van der Waals surface area contributed by atoms with Gasteiger partial charge in [-0.15, -0.1) is 0 Å². The summed E-state index contributed by atoms with van der Waals surface area (Å²) in [6.45, 7) is 4.80. The summed E-state index contributed by atoms with van der Waals surface area (Å²) in [5.41, 5.74) is 3.89. The van der Waals surface area contributed by atoms with Crippen molar-refractivity contribution in [3.8, 4) is 0 Å². The summed E-state index contributed by atoms with van der Waals surface area (Å²) in [6.07, 6.45) is -0.0827. The molecule has 1 amide bonds. The predicted molar refractivity (Wildman–Crippen MR) is 82.6 cm³/mol. The molecule has 0 aliphatic heterocycles. The number of aromatic nitrogens is 1. The van der Waals surface area contributed by atoms with Crippen molar-refractivity contribution in [2.24, 2.45) is 0 Å². The Morgan fingerprint density at radius 3 is 2.90 bits per heavy atom. The predicted octanol–water partition coefficient (Wildman–Crippen LogP) is 1.91. The Morgan fingerprint density at radius 2 is 2.19 bits per heavy atom. The van der Waals surface area contributed by atoms with Gasteiger partial charge in [-0.2, -0.15) is 0 Å². The van der Waals surface area contributed by atoms with E-state index in [1.165, 1.54) is 18.2 Å². The number of aryl methyl sites for hydroxylation is 2. The molecule has 0 saturated carbocycles. The summed E-state index contributed by atoms with van der Waals surface area (Å²) in [7, 11) is 1.54. The van der Waals surface area contributed by atoms with Gasteiger partial charge in [0.05, 0.1) is 12.7 Å². The molecule has 1 unspecified atom stereocenters. The van der Waals surface area contributed by atoms with Crippen LogP contribution in [0.15, 0.2) is 18.2 Å². The molecule has 0 aliphatic rings. The lowest BCUT2D eigenvalue weighted by molar-refractivity contribution is 0.0587. The summed E-state index contributed by atoms with van der Waals surface area (Å²) in [4.78, 5) is 15.2. The molecule has 5 nitrogen and oxygen atoms in total. The fraction of sp³-hybridized carbons (Fsp3) is 0.438. The van der Waals surface area contributed by atoms with Gasteiger partial charge in [0, 0.05) is 24.6 Å². The zero-order chi connectivity index (χ0) is 15.4. The van der Waals surface area contributed by atoms with Crippen LogP contribution in [0, 0.1) is 13.8 Å². The van der Waals surface area contributed by atoms with Crippen LogP contribution in [0.1, 0.15) is 28.0 Å². The van der Waals surface area contributed by atoms with Gasteiger partial charge in [0.15, 0.2) is 0 Å². The Kier molecular flexibility index (Phi) is 4.98. The van der Waals surface area contributed by atoms with Crippen LogP contribution in [0.4, 0.5) is 0 Å². The number of hydrogen-bond donors (Lipinski definition) is 3. The van der Waals surface area contributed by atoms with Gasteiger partial charge in [-0.05, 0) is 43.5 Å². The minimum Gasteiger partial charge on any atom is -0.391 e. The highest BCUT2D eigenvalue weighted by molar-refractivity contribution is 5.99. The van der Waals surface area contributed by atoms with Crippen molar-refractivity contribution in [3.63, 3.8) is 0 Å². The highest BCUT2D eigenvalue weighted by Gasteiger charge is 2.12. The number of H-pyrrole nitrogens is 1. The topological polar surface area (TPSA) is 74.3 Å². The first-order chi connectivity index (χ1) is 10.0. The minimum absolute atomic E-state index is 0.159. The maximum Gasteiger partial charge on any atom is 0.267 e. The van der Waals surface area contributed by atoms with Gasteiger partial charge in [-0.25, -0.2) is 0 Å². The number of nitrogens with one attached hydrogen (secondary N) is 2. The van der Waals surface area contributed by atoms with Crippen molar-refractivity contribution in [1.82, 2.24) is 10.3 Å². The first kappa shape index (κ1) is 15.5. The Morgan fingerprint density at radius 1 is 1.43 bits per heavy atom. The smallest absolute Gasteiger partial charge is 0.267 e. The number of ether oxygens (including phenoxy) is 1. The third-order valence-electron chi connectivity index (χ3n) is 3.71. The van der Waals surface area contributed by atoms with Crippen molar-refractivity contribution in [2.45, 2.75) is 26.4 Å². The third-order valence-corrected chi connectivity index (χ3v) is 3.71. The number of aromatic amines is 1. The second kappa shape index (κ2) is 6.74. The number of aliphatic hydroxyl groups is 1. The maximum atomic E-state index is 12.1. The number of carbonyl (C=O) groups is 1. The van der Waals surface area contributed by atoms with Crippen molar-refractivity contribution < 1.29 is 14.6 Å². The molecule has 0 bridgehead atoms. The molecule has 1 atom stereocenters. The molecule has 0 fully saturated rings. The monoisotopic (exact) mass is 290 g/mol. The average molecular weight is 290 g/mol. The standard InChI is InChI=1S/C16H22N2O3/c1-10-4-5-14-13(11(10)2)8-15(18-14)16(20)17-7-6-12(19)9-21-3/h4-5,8,12,18-19H,6-7,9H2,1-3H3,(H,17,20). The van der Waals surface area contributed by atoms with E-state index in [1.54, 1.807) is 0 Å². The van der Waals surface area contributed by atoms with Crippen molar-refractivity contribution in [3.05, 3.63) is 35.0 Å². The molecule has 3 N–H and O–H groups in total. The molecule has 2 aromatic rings. The number of amides is 1. The van der Waals surface area contributed by atoms with Gasteiger partial charge in [0.1, 0.15) is 5.69 Å². The van der Waals surface area contributed by atoms with Gasteiger partial charge in [0.25, 0.3) is 5.91 Å². The van der Waals surface area contributed by atoms with E-state index in [2.05, 4.69) is 17.2 Å². The molecule has 1 aromatic heterocycles. The van der Waals surface area contributed by atoms with Gasteiger partial charge in [-0.3, -0.25) is 4.79 Å². The molecule has 0 spiro atoms.